The average molecular weight is 206 g/mol. The molecule has 1 aromatic rings. The van der Waals surface area contributed by atoms with Crippen LogP contribution >= 0.6 is 0 Å². The lowest BCUT2D eigenvalue weighted by atomic mass is 9.84. The van der Waals surface area contributed by atoms with Gasteiger partial charge in [0, 0.05) is 0 Å². The molecule has 0 saturated carbocycles. The molecule has 1 aliphatic carbocycles. The van der Waals surface area contributed by atoms with Gasteiger partial charge in [-0.25, -0.2) is 0 Å². The van der Waals surface area contributed by atoms with Gasteiger partial charge in [-0.15, -0.1) is 0 Å². The molecule has 1 aromatic carbocycles. The molecule has 1 unspecified atom stereocenters. The van der Waals surface area contributed by atoms with Crippen molar-refractivity contribution in [1.29, 1.82) is 0 Å². The Labute approximate surface area is 95.7 Å². The van der Waals surface area contributed by atoms with Gasteiger partial charge in [0.25, 0.3) is 0 Å². The standard InChI is InChI=1S/C12H16.C2H6.CH4/c1-9-3-5-12-8-10(2)4-6-11(12)7-9;1-2;/h3,5,7,10H,4,6,8H2,1-2H3;1-2H3;1H4. The average Bonchev–Trinajstić information content (AvgIpc) is 2.21. The molecule has 0 heteroatoms. The Morgan fingerprint density at radius 2 is 1.80 bits per heavy atom. The van der Waals surface area contributed by atoms with Gasteiger partial charge in [0.05, 0.1) is 0 Å². The van der Waals surface area contributed by atoms with Crippen molar-refractivity contribution in [3.05, 3.63) is 34.9 Å². The summed E-state index contributed by atoms with van der Waals surface area (Å²) in [6.07, 6.45) is 3.95. The molecule has 0 aromatic heterocycles. The van der Waals surface area contributed by atoms with Gasteiger partial charge in [0.1, 0.15) is 0 Å². The van der Waals surface area contributed by atoms with E-state index in [1.54, 1.807) is 11.1 Å². The van der Waals surface area contributed by atoms with Crippen LogP contribution < -0.4 is 0 Å². The molecule has 86 valence electrons. The molecular weight excluding hydrogens is 180 g/mol. The highest BCUT2D eigenvalue weighted by Gasteiger charge is 2.14. The van der Waals surface area contributed by atoms with Crippen LogP contribution in [0.4, 0.5) is 0 Å². The first kappa shape index (κ1) is 14.2. The second-order valence-electron chi connectivity index (χ2n) is 4.12. The number of aryl methyl sites for hydroxylation is 2. The van der Waals surface area contributed by atoms with Crippen molar-refractivity contribution in [2.24, 2.45) is 5.92 Å². The molecule has 0 amide bonds. The van der Waals surface area contributed by atoms with Crippen LogP contribution in [0.25, 0.3) is 0 Å². The predicted molar refractivity (Wildman–Crippen MR) is 70.4 cm³/mol. The zero-order valence-electron chi connectivity index (χ0n) is 9.93. The molecule has 15 heavy (non-hydrogen) atoms. The van der Waals surface area contributed by atoms with Crippen LogP contribution in [-0.2, 0) is 12.8 Å². The Morgan fingerprint density at radius 3 is 2.47 bits per heavy atom. The first-order valence-corrected chi connectivity index (χ1v) is 5.84. The monoisotopic (exact) mass is 206 g/mol. The number of fused-ring (bicyclic) bond motifs is 1. The van der Waals surface area contributed by atoms with Crippen molar-refractivity contribution in [2.45, 2.75) is 54.4 Å². The minimum absolute atomic E-state index is 0. The van der Waals surface area contributed by atoms with E-state index in [4.69, 9.17) is 0 Å². The highest BCUT2D eigenvalue weighted by molar-refractivity contribution is 5.33. The third kappa shape index (κ3) is 3.70. The van der Waals surface area contributed by atoms with Crippen molar-refractivity contribution in [2.75, 3.05) is 0 Å². The zero-order chi connectivity index (χ0) is 10.6. The van der Waals surface area contributed by atoms with Crippen molar-refractivity contribution < 1.29 is 0 Å². The van der Waals surface area contributed by atoms with Crippen molar-refractivity contribution in [3.8, 4) is 0 Å². The second kappa shape index (κ2) is 6.66. The van der Waals surface area contributed by atoms with E-state index in [0.29, 0.717) is 0 Å². The summed E-state index contributed by atoms with van der Waals surface area (Å²) in [6.45, 7) is 8.53. The number of hydrogen-bond acceptors (Lipinski definition) is 0. The molecule has 1 aliphatic rings. The number of hydrogen-bond donors (Lipinski definition) is 0. The van der Waals surface area contributed by atoms with Crippen molar-refractivity contribution >= 4 is 0 Å². The molecule has 0 nitrogen and oxygen atoms in total. The SMILES string of the molecule is C.CC.Cc1ccc2c(c1)CCC(C)C2. The van der Waals surface area contributed by atoms with Crippen molar-refractivity contribution in [1.82, 2.24) is 0 Å². The maximum Gasteiger partial charge on any atom is -0.0250 e. The van der Waals surface area contributed by atoms with E-state index < -0.39 is 0 Å². The fourth-order valence-electron chi connectivity index (χ4n) is 2.07. The van der Waals surface area contributed by atoms with Gasteiger partial charge in [-0.2, -0.15) is 0 Å². The van der Waals surface area contributed by atoms with Crippen LogP contribution in [0.3, 0.4) is 0 Å². The van der Waals surface area contributed by atoms with Crippen LogP contribution in [0.5, 0.6) is 0 Å². The van der Waals surface area contributed by atoms with Gasteiger partial charge >= 0.3 is 0 Å². The van der Waals surface area contributed by atoms with Gasteiger partial charge < -0.3 is 0 Å². The fraction of sp³-hybridized carbons (Fsp3) is 0.600. The molecule has 0 spiro atoms. The van der Waals surface area contributed by atoms with Crippen molar-refractivity contribution in [3.63, 3.8) is 0 Å². The highest BCUT2D eigenvalue weighted by atomic mass is 14.2. The van der Waals surface area contributed by atoms with Gasteiger partial charge in [0.2, 0.25) is 0 Å². The first-order valence-electron chi connectivity index (χ1n) is 5.84. The Kier molecular flexibility index (Phi) is 6.31. The Hall–Kier alpha value is -0.780. The summed E-state index contributed by atoms with van der Waals surface area (Å²) in [7, 11) is 0. The third-order valence-corrected chi connectivity index (χ3v) is 2.84. The topological polar surface area (TPSA) is 0 Å². The van der Waals surface area contributed by atoms with Gasteiger partial charge in [0.15, 0.2) is 0 Å². The van der Waals surface area contributed by atoms with Crippen LogP contribution in [0.1, 0.15) is 51.3 Å². The van der Waals surface area contributed by atoms with E-state index in [0.717, 1.165) is 5.92 Å². The van der Waals surface area contributed by atoms with E-state index in [-0.39, 0.29) is 7.43 Å². The summed E-state index contributed by atoms with van der Waals surface area (Å²) < 4.78 is 0. The maximum absolute atomic E-state index is 2.35. The number of rotatable bonds is 0. The van der Waals surface area contributed by atoms with Gasteiger partial charge in [-0.3, -0.25) is 0 Å². The third-order valence-electron chi connectivity index (χ3n) is 2.84. The Morgan fingerprint density at radius 1 is 1.13 bits per heavy atom. The smallest absolute Gasteiger partial charge is 0.0250 e. The molecule has 0 radical (unpaired) electrons. The summed E-state index contributed by atoms with van der Waals surface area (Å²) >= 11 is 0. The molecule has 0 bridgehead atoms. The van der Waals surface area contributed by atoms with E-state index in [2.05, 4.69) is 32.0 Å². The van der Waals surface area contributed by atoms with Crippen LogP contribution in [0, 0.1) is 12.8 Å². The lowest BCUT2D eigenvalue weighted by Crippen LogP contribution is -2.10. The van der Waals surface area contributed by atoms with Gasteiger partial charge in [-0.1, -0.05) is 52.0 Å². The summed E-state index contributed by atoms with van der Waals surface area (Å²) in [4.78, 5) is 0. The lowest BCUT2D eigenvalue weighted by molar-refractivity contribution is 0.501. The minimum atomic E-state index is 0. The second-order valence-corrected chi connectivity index (χ2v) is 4.12. The van der Waals surface area contributed by atoms with Crippen LogP contribution in [-0.4, -0.2) is 0 Å². The highest BCUT2D eigenvalue weighted by Crippen LogP contribution is 2.25. The molecular formula is C15H26. The molecule has 2 rings (SSSR count). The first-order chi connectivity index (χ1) is 6.75. The van der Waals surface area contributed by atoms with E-state index in [1.165, 1.54) is 24.8 Å². The summed E-state index contributed by atoms with van der Waals surface area (Å²) in [6, 6.07) is 6.89. The van der Waals surface area contributed by atoms with Crippen LogP contribution in [0.2, 0.25) is 0 Å². The van der Waals surface area contributed by atoms with E-state index in [1.807, 2.05) is 13.8 Å². The lowest BCUT2D eigenvalue weighted by Gasteiger charge is -2.21. The summed E-state index contributed by atoms with van der Waals surface area (Å²) in [5.74, 6) is 0.889. The molecule has 0 aliphatic heterocycles. The van der Waals surface area contributed by atoms with Gasteiger partial charge in [-0.05, 0) is 43.2 Å². The minimum Gasteiger partial charge on any atom is -0.0776 e. The molecule has 1 atom stereocenters. The predicted octanol–water partition coefficient (Wildman–Crippen LogP) is 4.78. The zero-order valence-corrected chi connectivity index (χ0v) is 9.93. The molecule has 0 N–H and O–H groups in total. The molecule has 0 heterocycles. The Bertz CT molecular complexity index is 286. The quantitative estimate of drug-likeness (QED) is 0.573. The number of benzene rings is 1. The van der Waals surface area contributed by atoms with Crippen LogP contribution in [0.15, 0.2) is 18.2 Å². The summed E-state index contributed by atoms with van der Waals surface area (Å²) in [5.41, 5.74) is 4.58. The fourth-order valence-corrected chi connectivity index (χ4v) is 2.07. The largest absolute Gasteiger partial charge is 0.0776 e. The Balaban J connectivity index is 0.000000617. The normalized spacial score (nSPS) is 18.0. The van der Waals surface area contributed by atoms with E-state index in [9.17, 15) is 0 Å². The maximum atomic E-state index is 2.35. The summed E-state index contributed by atoms with van der Waals surface area (Å²) in [5, 5.41) is 0. The van der Waals surface area contributed by atoms with E-state index >= 15 is 0 Å². The molecule has 0 saturated heterocycles. The molecule has 0 fully saturated rings.